The minimum Gasteiger partial charge on any atom is -0.379 e. The second-order valence-electron chi connectivity index (χ2n) is 30.2. The molecule has 3 heterocycles. The van der Waals surface area contributed by atoms with E-state index in [-0.39, 0.29) is 102 Å². The molecule has 3 unspecified atom stereocenters. The molecule has 29 nitrogen and oxygen atoms in total. The van der Waals surface area contributed by atoms with Crippen molar-refractivity contribution in [2.75, 3.05) is 197 Å². The molecule has 127 heavy (non-hydrogen) atoms. The zero-order chi connectivity index (χ0) is 91.1. The van der Waals surface area contributed by atoms with Crippen molar-refractivity contribution in [2.24, 2.45) is 16.1 Å². The normalized spacial score (nSPS) is 15.4. The zero-order valence-electron chi connectivity index (χ0n) is 71.1. The highest BCUT2D eigenvalue weighted by molar-refractivity contribution is 7.91. The lowest BCUT2D eigenvalue weighted by atomic mass is 9.85. The van der Waals surface area contributed by atoms with Gasteiger partial charge in [-0.05, 0) is 209 Å². The van der Waals surface area contributed by atoms with Gasteiger partial charge in [-0.3, -0.25) is 4.79 Å². The van der Waals surface area contributed by atoms with Gasteiger partial charge in [0.05, 0.1) is 126 Å². The number of benzene rings is 8. The van der Waals surface area contributed by atoms with Gasteiger partial charge in [0.2, 0.25) is 20.0 Å². The van der Waals surface area contributed by atoms with Gasteiger partial charge in [-0.15, -0.1) is 9.81 Å². The lowest BCUT2D eigenvalue weighted by Gasteiger charge is -2.33. The first kappa shape index (κ1) is 104. The number of sulfone groups is 1. The molecule has 2 amide bonds. The average molecular weight is 1930 g/mol. The number of fused-ring (bicyclic) bond motifs is 3. The number of sulfonamides is 2. The van der Waals surface area contributed by atoms with Gasteiger partial charge in [0.25, 0.3) is 0 Å². The summed E-state index contributed by atoms with van der Waals surface area (Å²) in [5, 5.41) is 14.5. The van der Waals surface area contributed by atoms with Crippen LogP contribution in [0.15, 0.2) is 183 Å². The van der Waals surface area contributed by atoms with Gasteiger partial charge in [-0.1, -0.05) is 118 Å². The highest BCUT2D eigenvalue weighted by Gasteiger charge is 2.32. The van der Waals surface area contributed by atoms with Crippen LogP contribution in [0.4, 0.5) is 21.9 Å². The highest BCUT2D eigenvalue weighted by atomic mass is 35.5. The van der Waals surface area contributed by atoms with Crippen molar-refractivity contribution in [2.45, 2.75) is 77.8 Å². The van der Waals surface area contributed by atoms with Crippen molar-refractivity contribution in [1.82, 2.24) is 29.5 Å². The van der Waals surface area contributed by atoms with E-state index in [1.54, 1.807) is 78.9 Å². The molecule has 0 saturated heterocycles. The summed E-state index contributed by atoms with van der Waals surface area (Å²) in [4.78, 5) is 51.9. The number of urea groups is 1. The molecular weight excluding hydrogens is 1820 g/mol. The van der Waals surface area contributed by atoms with Crippen molar-refractivity contribution >= 4 is 128 Å². The summed E-state index contributed by atoms with van der Waals surface area (Å²) in [6.07, 6.45) is 1.58. The standard InChI is InChI=1S/C59H73Cl4N5O12S2.C24H33Cl2N3O5S.C6H4N2O2/c1-67-38-53(51-34-45(60)36-57(62)55(51)40-67)43-8-14-49(15-9-43)81(71,72)32-4-21-76-25-29-79-28-24-75-20-3-5-48(69)33-42-6-12-47(13-7-42)66-59(70)64-18-22-77-26-30-80-31-27-78-23-19-65-82(73,74)50-16-10-44(11-17-50)54-39-68(2)41-56-52(54)35-46(61)37-58(56)63;1-29-16-22(21-14-19(25)15-24(26)23(21)17-29)18-2-4-20(5-3-18)35(30,31)28-7-9-33-11-13-34-12-10-32-8-6-27;9-7-5-1-2-6(8-10)4-3-5/h6-17,34-37,53-54,65H,3-5,18-33,38-41H2,1-2H3,(H2,64,66,70);2-5,14-15,22,28H,6-13,16-17,27H2,1H3;1-4H. The lowest BCUT2D eigenvalue weighted by Crippen LogP contribution is -2.31. The van der Waals surface area contributed by atoms with E-state index in [2.05, 4.69) is 45.1 Å². The third kappa shape index (κ3) is 34.5. The monoisotopic (exact) mass is 1930 g/mol. The van der Waals surface area contributed by atoms with Crippen LogP contribution < -0.4 is 25.8 Å². The van der Waals surface area contributed by atoms with E-state index in [0.29, 0.717) is 172 Å². The number of nitrogens with zero attached hydrogens (tertiary/aromatic N) is 5. The van der Waals surface area contributed by atoms with Crippen molar-refractivity contribution in [1.29, 1.82) is 0 Å². The maximum atomic E-state index is 13.1. The first-order valence-electron chi connectivity index (χ1n) is 41.5. The number of Topliss-reactive ketones (excluding diaryl/α,β-unsaturated/α-hetero) is 1. The van der Waals surface area contributed by atoms with Gasteiger partial charge < -0.3 is 73.7 Å². The number of nitroso groups, excluding NO2 is 2. The van der Waals surface area contributed by atoms with E-state index in [1.165, 1.54) is 24.3 Å². The van der Waals surface area contributed by atoms with E-state index in [9.17, 15) is 44.7 Å². The third-order valence-corrected chi connectivity index (χ3v) is 27.0. The lowest BCUT2D eigenvalue weighted by molar-refractivity contribution is -0.118. The van der Waals surface area contributed by atoms with Crippen molar-refractivity contribution in [3.8, 4) is 0 Å². The minimum atomic E-state index is -3.74. The highest BCUT2D eigenvalue weighted by Crippen LogP contribution is 2.42. The zero-order valence-corrected chi connectivity index (χ0v) is 78.1. The number of hydrogen-bond acceptors (Lipinski definition) is 25. The summed E-state index contributed by atoms with van der Waals surface area (Å²) in [5.74, 6) is 0.130. The molecule has 38 heteroatoms. The molecule has 0 saturated carbocycles. The Morgan fingerprint density at radius 2 is 0.740 bits per heavy atom. The van der Waals surface area contributed by atoms with Gasteiger partial charge in [0.1, 0.15) is 17.2 Å². The molecule has 690 valence electrons. The fraction of sp³-hybridized carbons (Fsp3) is 0.438. The molecule has 0 bridgehead atoms. The largest absolute Gasteiger partial charge is 0.379 e. The third-order valence-electron chi connectivity index (χ3n) is 20.5. The number of halogens is 6. The Labute approximate surface area is 773 Å². The SMILES string of the molecule is CN1Cc2c(Cl)cc(Cl)cc2C(c2ccc(S(=O)(=O)CCCOCCOCCOCCCC(=O)Cc3ccc(NC(=O)NCCOCCOCCOCCNS(=O)(=O)c4ccc(C5CN(C)Cc6c(Cl)cc(Cl)cc65)cc4)cc3)cc2)C1.CN1Cc2c(Cl)cc(Cl)cc2C(c2ccc(S(=O)(=O)NCCOCCOCCOCCN)cc2)C1.O=Nc1ccc(N=O)cc1. The molecule has 0 fully saturated rings. The van der Waals surface area contributed by atoms with E-state index in [1.807, 2.05) is 75.7 Å². The fourth-order valence-electron chi connectivity index (χ4n) is 14.3. The molecule has 6 N–H and O–H groups in total. The molecule has 0 aromatic heterocycles. The van der Waals surface area contributed by atoms with Gasteiger partial charge in [-0.25, -0.2) is 39.5 Å². The number of nitrogens with two attached hydrogens (primary N) is 1. The van der Waals surface area contributed by atoms with Crippen LogP contribution in [0.3, 0.4) is 0 Å². The average Bonchev–Trinajstić information content (AvgIpc) is 0.782. The molecule has 0 aliphatic carbocycles. The molecule has 8 aromatic rings. The van der Waals surface area contributed by atoms with E-state index < -0.39 is 29.9 Å². The Morgan fingerprint density at radius 1 is 0.409 bits per heavy atom. The van der Waals surface area contributed by atoms with Crippen LogP contribution in [-0.2, 0) is 103 Å². The number of carbonyl (C=O) groups excluding carboxylic acids is 2. The fourth-order valence-corrected chi connectivity index (χ4v) is 19.3. The van der Waals surface area contributed by atoms with E-state index in [0.717, 1.165) is 88.4 Å². The van der Waals surface area contributed by atoms with Crippen LogP contribution in [0, 0.1) is 9.81 Å². The van der Waals surface area contributed by atoms with Crippen LogP contribution in [0.1, 0.15) is 92.7 Å². The molecule has 3 atom stereocenters. The minimum absolute atomic E-state index is 0.00323. The van der Waals surface area contributed by atoms with Crippen LogP contribution in [0.25, 0.3) is 0 Å². The number of ketones is 1. The van der Waals surface area contributed by atoms with Crippen LogP contribution in [-0.4, -0.2) is 243 Å². The summed E-state index contributed by atoms with van der Waals surface area (Å²) in [6.45, 7) is 11.8. The maximum absolute atomic E-state index is 13.1. The summed E-state index contributed by atoms with van der Waals surface area (Å²) in [5.41, 5.74) is 16.7. The molecule has 0 radical (unpaired) electrons. The first-order valence-corrected chi connectivity index (χ1v) is 48.4. The number of hydrogen-bond donors (Lipinski definition) is 5. The number of rotatable bonds is 50. The number of carbonyl (C=O) groups is 2. The van der Waals surface area contributed by atoms with E-state index in [4.69, 9.17) is 118 Å². The van der Waals surface area contributed by atoms with Gasteiger partial charge in [0.15, 0.2) is 9.84 Å². The smallest absolute Gasteiger partial charge is 0.319 e. The summed E-state index contributed by atoms with van der Waals surface area (Å²) < 4.78 is 132. The van der Waals surface area contributed by atoms with E-state index >= 15 is 0 Å². The van der Waals surface area contributed by atoms with Crippen molar-refractivity contribution < 1.29 is 77.5 Å². The summed E-state index contributed by atoms with van der Waals surface area (Å²) in [7, 11) is -4.77. The first-order chi connectivity index (χ1) is 61.1. The molecule has 0 spiro atoms. The van der Waals surface area contributed by atoms with Gasteiger partial charge >= 0.3 is 6.03 Å². The van der Waals surface area contributed by atoms with Crippen LogP contribution in [0.5, 0.6) is 0 Å². The van der Waals surface area contributed by atoms with Crippen LogP contribution in [0.2, 0.25) is 30.1 Å². The Morgan fingerprint density at radius 3 is 1.10 bits per heavy atom. The quantitative estimate of drug-likeness (QED) is 0.0175. The maximum Gasteiger partial charge on any atom is 0.319 e. The number of nitrogens with one attached hydrogen (secondary N) is 4. The predicted molar refractivity (Wildman–Crippen MR) is 495 cm³/mol. The topological polar surface area (TPSA) is 362 Å². The number of amides is 2. The Hall–Kier alpha value is -7.11. The summed E-state index contributed by atoms with van der Waals surface area (Å²) in [6, 6.07) is 44.5. The van der Waals surface area contributed by atoms with Crippen molar-refractivity contribution in [3.63, 3.8) is 0 Å². The number of likely N-dealkylation sites (N-methyl/N-ethyl adjacent to an activating group) is 3. The predicted octanol–water partition coefficient (Wildman–Crippen LogP) is 14.8. The van der Waals surface area contributed by atoms with Crippen molar-refractivity contribution in [3.05, 3.63) is 253 Å². The Kier molecular flexibility index (Phi) is 44.1. The molecule has 8 aromatic carbocycles. The Bertz CT molecular complexity index is 4930. The number of anilines is 1. The Balaban J connectivity index is 0.000000330. The second kappa shape index (κ2) is 54.0. The molecule has 3 aliphatic rings. The number of ether oxygens (including phenoxy) is 9. The second-order valence-corrected chi connectivity index (χ2v) is 38.4. The molecule has 11 rings (SSSR count). The van der Waals surface area contributed by atoms with Crippen LogP contribution >= 0.6 is 69.6 Å². The molecule has 3 aliphatic heterocycles. The summed E-state index contributed by atoms with van der Waals surface area (Å²) >= 11 is 38.4. The molecular formula is C89H110Cl6N10O19S3. The van der Waals surface area contributed by atoms with Gasteiger partial charge in [-0.2, -0.15) is 0 Å². The van der Waals surface area contributed by atoms with Gasteiger partial charge in [0, 0.05) is 145 Å².